The van der Waals surface area contributed by atoms with Crippen LogP contribution in [0.2, 0.25) is 0 Å². The third-order valence-corrected chi connectivity index (χ3v) is 5.55. The topological polar surface area (TPSA) is 128 Å². The third-order valence-electron chi connectivity index (χ3n) is 5.55. The number of benzene rings is 1. The third kappa shape index (κ3) is 8.05. The number of hydrogen-bond acceptors (Lipinski definition) is 7. The van der Waals surface area contributed by atoms with Crippen molar-refractivity contribution in [2.75, 3.05) is 13.2 Å². The van der Waals surface area contributed by atoms with Crippen molar-refractivity contribution in [2.45, 2.75) is 88.9 Å². The maximum atomic E-state index is 12.4. The lowest BCUT2D eigenvalue weighted by molar-refractivity contribution is -0.233. The zero-order valence-corrected chi connectivity index (χ0v) is 18.3. The Morgan fingerprint density at radius 1 is 0.935 bits per heavy atom. The molecule has 5 N–H and O–H groups in total. The number of carbonyl (C=O) groups excluding carboxylic acids is 1. The van der Waals surface area contributed by atoms with E-state index in [2.05, 4.69) is 12.2 Å². The quantitative estimate of drug-likeness (QED) is 0.296. The summed E-state index contributed by atoms with van der Waals surface area (Å²) in [6.45, 7) is 2.30. The fourth-order valence-electron chi connectivity index (χ4n) is 3.56. The van der Waals surface area contributed by atoms with E-state index in [-0.39, 0.29) is 0 Å². The van der Waals surface area contributed by atoms with Crippen LogP contribution in [0.25, 0.3) is 0 Å². The first-order valence-corrected chi connectivity index (χ1v) is 11.3. The molecule has 0 spiro atoms. The Balaban J connectivity index is 1.71. The average Bonchev–Trinajstić information content (AvgIpc) is 2.78. The van der Waals surface area contributed by atoms with E-state index >= 15 is 0 Å². The molecule has 1 heterocycles. The van der Waals surface area contributed by atoms with Crippen molar-refractivity contribution in [1.29, 1.82) is 0 Å². The molecule has 8 heteroatoms. The van der Waals surface area contributed by atoms with E-state index in [0.29, 0.717) is 17.9 Å². The molecule has 0 aromatic heterocycles. The summed E-state index contributed by atoms with van der Waals surface area (Å²) in [5.74, 6) is 0.159. The summed E-state index contributed by atoms with van der Waals surface area (Å²) in [7, 11) is 0. The van der Waals surface area contributed by atoms with Gasteiger partial charge in [0.15, 0.2) is 6.23 Å². The van der Waals surface area contributed by atoms with Crippen LogP contribution < -0.4 is 10.1 Å². The van der Waals surface area contributed by atoms with E-state index in [0.717, 1.165) is 12.8 Å². The van der Waals surface area contributed by atoms with Crippen LogP contribution in [0.1, 0.15) is 68.6 Å². The first-order chi connectivity index (χ1) is 15.0. The van der Waals surface area contributed by atoms with Crippen LogP contribution in [0.4, 0.5) is 0 Å². The predicted octanol–water partition coefficient (Wildman–Crippen LogP) is 1.74. The zero-order chi connectivity index (χ0) is 22.6. The fraction of sp³-hybridized carbons (Fsp3) is 0.696. The Labute approximate surface area is 184 Å². The second-order valence-corrected chi connectivity index (χ2v) is 8.07. The molecule has 1 aromatic carbocycles. The van der Waals surface area contributed by atoms with Crippen molar-refractivity contribution >= 4 is 5.91 Å². The van der Waals surface area contributed by atoms with Gasteiger partial charge in [-0.15, -0.1) is 0 Å². The highest BCUT2D eigenvalue weighted by atomic mass is 16.6. The van der Waals surface area contributed by atoms with E-state index in [9.17, 15) is 25.2 Å². The zero-order valence-electron chi connectivity index (χ0n) is 18.3. The highest BCUT2D eigenvalue weighted by molar-refractivity contribution is 5.94. The number of carbonyl (C=O) groups is 1. The molecule has 1 saturated heterocycles. The first kappa shape index (κ1) is 25.5. The summed E-state index contributed by atoms with van der Waals surface area (Å²) in [4.78, 5) is 12.4. The maximum Gasteiger partial charge on any atom is 0.253 e. The first-order valence-electron chi connectivity index (χ1n) is 11.3. The Morgan fingerprint density at radius 3 is 2.16 bits per heavy atom. The van der Waals surface area contributed by atoms with Crippen LogP contribution in [-0.4, -0.2) is 70.2 Å². The van der Waals surface area contributed by atoms with Gasteiger partial charge in [0.1, 0.15) is 30.2 Å². The van der Waals surface area contributed by atoms with E-state index in [1.54, 1.807) is 24.3 Å². The summed E-state index contributed by atoms with van der Waals surface area (Å²) in [6, 6.07) is 6.60. The number of hydrogen-bond donors (Lipinski definition) is 5. The molecule has 5 atom stereocenters. The number of aliphatic hydroxyl groups is 4. The van der Waals surface area contributed by atoms with Crippen LogP contribution in [0, 0.1) is 0 Å². The van der Waals surface area contributed by atoms with Crippen LogP contribution in [0.15, 0.2) is 24.3 Å². The normalized spacial score (nSPS) is 25.9. The Kier molecular flexibility index (Phi) is 11.2. The van der Waals surface area contributed by atoms with Gasteiger partial charge >= 0.3 is 0 Å². The summed E-state index contributed by atoms with van der Waals surface area (Å²) >= 11 is 0. The van der Waals surface area contributed by atoms with Crippen molar-refractivity contribution in [3.63, 3.8) is 0 Å². The van der Waals surface area contributed by atoms with Gasteiger partial charge in [-0.05, 0) is 30.7 Å². The molecule has 0 saturated carbocycles. The van der Waals surface area contributed by atoms with E-state index in [1.807, 2.05) is 0 Å². The number of nitrogens with one attached hydrogen (secondary N) is 1. The Bertz CT molecular complexity index is 637. The standard InChI is InChI=1S/C23H37NO7/c1-2-3-4-5-6-7-8-9-14-30-17-12-10-16(11-13-17)22(29)24-23-21(28)20(27)19(26)18(15-25)31-23/h10-13,18-21,23,25-28H,2-9,14-15H2,1H3,(H,24,29)/t18-,19-,20+,21-,23-/m1/s1. The minimum Gasteiger partial charge on any atom is -0.494 e. The minimum atomic E-state index is -1.54. The van der Waals surface area contributed by atoms with Crippen molar-refractivity contribution < 1.29 is 34.7 Å². The molecule has 0 unspecified atom stereocenters. The molecule has 31 heavy (non-hydrogen) atoms. The SMILES string of the molecule is CCCCCCCCCCOc1ccc(C(=O)N[C@@H]2O[C@H](CO)[C@@H](O)[C@H](O)[C@H]2O)cc1. The van der Waals surface area contributed by atoms with Crippen LogP contribution in [0.3, 0.4) is 0 Å². The Morgan fingerprint density at radius 2 is 1.55 bits per heavy atom. The van der Waals surface area contributed by atoms with Gasteiger partial charge in [0.25, 0.3) is 5.91 Å². The van der Waals surface area contributed by atoms with Crippen molar-refractivity contribution in [3.8, 4) is 5.75 Å². The molecule has 0 aliphatic carbocycles. The predicted molar refractivity (Wildman–Crippen MR) is 116 cm³/mol. The lowest BCUT2D eigenvalue weighted by Gasteiger charge is -2.40. The van der Waals surface area contributed by atoms with E-state index < -0.39 is 43.2 Å². The highest BCUT2D eigenvalue weighted by Crippen LogP contribution is 2.20. The molecule has 0 radical (unpaired) electrons. The fourth-order valence-corrected chi connectivity index (χ4v) is 3.56. The Hall–Kier alpha value is -1.71. The summed E-state index contributed by atoms with van der Waals surface area (Å²) in [5, 5.41) is 41.3. The van der Waals surface area contributed by atoms with Gasteiger partial charge in [0.05, 0.1) is 13.2 Å². The lowest BCUT2D eigenvalue weighted by atomic mass is 9.98. The highest BCUT2D eigenvalue weighted by Gasteiger charge is 2.44. The number of ether oxygens (including phenoxy) is 2. The summed E-state index contributed by atoms with van der Waals surface area (Å²) in [6.07, 6.45) is 3.01. The minimum absolute atomic E-state index is 0.330. The van der Waals surface area contributed by atoms with Crippen molar-refractivity contribution in [1.82, 2.24) is 5.32 Å². The van der Waals surface area contributed by atoms with Gasteiger partial charge in [-0.1, -0.05) is 51.9 Å². The average molecular weight is 440 g/mol. The smallest absolute Gasteiger partial charge is 0.253 e. The summed E-state index contributed by atoms with van der Waals surface area (Å²) < 4.78 is 11.0. The van der Waals surface area contributed by atoms with Crippen LogP contribution in [-0.2, 0) is 4.74 Å². The van der Waals surface area contributed by atoms with E-state index in [1.165, 1.54) is 38.5 Å². The van der Waals surface area contributed by atoms with Crippen molar-refractivity contribution in [2.24, 2.45) is 0 Å². The molecule has 1 fully saturated rings. The maximum absolute atomic E-state index is 12.4. The molecule has 1 aromatic rings. The molecule has 0 bridgehead atoms. The van der Waals surface area contributed by atoms with Crippen molar-refractivity contribution in [3.05, 3.63) is 29.8 Å². The van der Waals surface area contributed by atoms with Gasteiger partial charge < -0.3 is 35.2 Å². The number of rotatable bonds is 13. The number of unbranched alkanes of at least 4 members (excludes halogenated alkanes) is 7. The molecule has 1 amide bonds. The largest absolute Gasteiger partial charge is 0.494 e. The summed E-state index contributed by atoms with van der Waals surface area (Å²) in [5.41, 5.74) is 0.330. The van der Waals surface area contributed by atoms with Crippen LogP contribution >= 0.6 is 0 Å². The molecule has 1 aliphatic rings. The second-order valence-electron chi connectivity index (χ2n) is 8.07. The van der Waals surface area contributed by atoms with Gasteiger partial charge in [0.2, 0.25) is 0 Å². The lowest BCUT2D eigenvalue weighted by Crippen LogP contribution is -2.63. The number of amides is 1. The molecular formula is C23H37NO7. The molecule has 2 rings (SSSR count). The van der Waals surface area contributed by atoms with Gasteiger partial charge in [-0.2, -0.15) is 0 Å². The second kappa shape index (κ2) is 13.6. The molecule has 176 valence electrons. The molecule has 8 nitrogen and oxygen atoms in total. The number of aliphatic hydroxyl groups excluding tert-OH is 4. The van der Waals surface area contributed by atoms with Gasteiger partial charge in [-0.25, -0.2) is 0 Å². The van der Waals surface area contributed by atoms with Crippen LogP contribution in [0.5, 0.6) is 5.75 Å². The molecular weight excluding hydrogens is 402 g/mol. The van der Waals surface area contributed by atoms with E-state index in [4.69, 9.17) is 9.47 Å². The van der Waals surface area contributed by atoms with Gasteiger partial charge in [0, 0.05) is 5.56 Å². The monoisotopic (exact) mass is 439 g/mol. The molecule has 1 aliphatic heterocycles. The van der Waals surface area contributed by atoms with Gasteiger partial charge in [-0.3, -0.25) is 4.79 Å².